The molecule has 0 spiro atoms. The first-order valence-corrected chi connectivity index (χ1v) is 7.35. The van der Waals surface area contributed by atoms with E-state index in [1.54, 1.807) is 0 Å². The van der Waals surface area contributed by atoms with Gasteiger partial charge in [0, 0.05) is 6.54 Å². The van der Waals surface area contributed by atoms with E-state index >= 15 is 0 Å². The molecule has 0 saturated carbocycles. The molecule has 5 nitrogen and oxygen atoms in total. The predicted molar refractivity (Wildman–Crippen MR) is 50.3 cm³/mol. The van der Waals surface area contributed by atoms with Crippen LogP contribution in [-0.4, -0.2) is 36.4 Å². The van der Waals surface area contributed by atoms with Gasteiger partial charge < -0.3 is 5.11 Å². The fourth-order valence-electron chi connectivity index (χ4n) is 1.25. The summed E-state index contributed by atoms with van der Waals surface area (Å²) >= 11 is 1.26. The summed E-state index contributed by atoms with van der Waals surface area (Å²) in [5.41, 5.74) is 0. The van der Waals surface area contributed by atoms with Gasteiger partial charge in [-0.3, -0.25) is 4.79 Å². The van der Waals surface area contributed by atoms with E-state index in [2.05, 4.69) is 0 Å². The second kappa shape index (κ2) is 3.46. The zero-order chi connectivity index (χ0) is 9.35. The third-order valence-electron chi connectivity index (χ3n) is 1.77. The van der Waals surface area contributed by atoms with Crippen LogP contribution in [0.15, 0.2) is 0 Å². The SMILES string of the molecule is O=C(O)[C@@H]1CCCN1S(=O)(=O)I. The van der Waals surface area contributed by atoms with Crippen molar-refractivity contribution in [3.63, 3.8) is 0 Å². The molecule has 0 aromatic heterocycles. The third kappa shape index (κ3) is 2.07. The maximum Gasteiger partial charge on any atom is 0.322 e. The average molecular weight is 305 g/mol. The van der Waals surface area contributed by atoms with Gasteiger partial charge in [-0.25, -0.2) is 8.42 Å². The number of carbonyl (C=O) groups is 1. The zero-order valence-corrected chi connectivity index (χ0v) is 9.08. The highest BCUT2D eigenvalue weighted by Crippen LogP contribution is 2.24. The minimum atomic E-state index is -3.37. The Kier molecular flexibility index (Phi) is 2.94. The number of aliphatic carboxylic acids is 1. The maximum absolute atomic E-state index is 11.0. The van der Waals surface area contributed by atoms with Crippen LogP contribution in [0.25, 0.3) is 0 Å². The van der Waals surface area contributed by atoms with Gasteiger partial charge in [0.05, 0.1) is 21.2 Å². The summed E-state index contributed by atoms with van der Waals surface area (Å²) in [4.78, 5) is 10.5. The summed E-state index contributed by atoms with van der Waals surface area (Å²) in [6, 6.07) is -0.855. The van der Waals surface area contributed by atoms with Crippen molar-refractivity contribution in [2.75, 3.05) is 6.54 Å². The highest BCUT2D eigenvalue weighted by Gasteiger charge is 2.37. The second-order valence-electron chi connectivity index (χ2n) is 2.55. The first-order valence-electron chi connectivity index (χ1n) is 3.37. The summed E-state index contributed by atoms with van der Waals surface area (Å²) in [5, 5.41) is 8.64. The summed E-state index contributed by atoms with van der Waals surface area (Å²) < 4.78 is 23.0. The van der Waals surface area contributed by atoms with Crippen LogP contribution in [-0.2, 0) is 12.0 Å². The Morgan fingerprint density at radius 1 is 1.58 bits per heavy atom. The second-order valence-corrected chi connectivity index (χ2v) is 7.18. The van der Waals surface area contributed by atoms with Gasteiger partial charge in [-0.15, -0.1) is 0 Å². The van der Waals surface area contributed by atoms with Crippen LogP contribution in [0.2, 0.25) is 0 Å². The van der Waals surface area contributed by atoms with Crippen LogP contribution in [0.4, 0.5) is 0 Å². The van der Waals surface area contributed by atoms with E-state index in [0.29, 0.717) is 19.4 Å². The molecule has 1 heterocycles. The molecule has 0 aliphatic carbocycles. The third-order valence-corrected chi connectivity index (χ3v) is 4.28. The fourth-order valence-corrected chi connectivity index (χ4v) is 3.51. The Morgan fingerprint density at radius 3 is 2.50 bits per heavy atom. The maximum atomic E-state index is 11.0. The lowest BCUT2D eigenvalue weighted by atomic mass is 10.2. The molecule has 0 amide bonds. The molecule has 1 saturated heterocycles. The van der Waals surface area contributed by atoms with Gasteiger partial charge in [-0.2, -0.15) is 4.31 Å². The number of carboxylic acid groups (broad SMARTS) is 1. The predicted octanol–water partition coefficient (Wildman–Crippen LogP) is 0.215. The van der Waals surface area contributed by atoms with Crippen molar-refractivity contribution in [3.8, 4) is 0 Å². The molecule has 7 heteroatoms. The lowest BCUT2D eigenvalue weighted by molar-refractivity contribution is -0.140. The van der Waals surface area contributed by atoms with E-state index in [1.165, 1.54) is 21.2 Å². The van der Waals surface area contributed by atoms with Crippen molar-refractivity contribution >= 4 is 34.4 Å². The molecule has 70 valence electrons. The highest BCUT2D eigenvalue weighted by molar-refractivity contribution is 14.2. The molecule has 12 heavy (non-hydrogen) atoms. The molecule has 1 atom stereocenters. The van der Waals surface area contributed by atoms with E-state index in [1.807, 2.05) is 0 Å². The number of carboxylic acids is 1. The fraction of sp³-hybridized carbons (Fsp3) is 0.800. The van der Waals surface area contributed by atoms with Crippen molar-refractivity contribution < 1.29 is 18.3 Å². The van der Waals surface area contributed by atoms with Crippen molar-refractivity contribution in [2.24, 2.45) is 0 Å². The molecular formula is C5H8INO4S. The van der Waals surface area contributed by atoms with Crippen LogP contribution in [0, 0.1) is 0 Å². The van der Waals surface area contributed by atoms with Crippen LogP contribution in [0.1, 0.15) is 12.8 Å². The number of hydrogen-bond donors (Lipinski definition) is 1. The molecule has 1 fully saturated rings. The Balaban J connectivity index is 2.85. The molecule has 0 aromatic rings. The number of rotatable bonds is 2. The first kappa shape index (κ1) is 10.2. The van der Waals surface area contributed by atoms with Gasteiger partial charge in [0.2, 0.25) is 0 Å². The van der Waals surface area contributed by atoms with Gasteiger partial charge in [0.25, 0.3) is 7.19 Å². The van der Waals surface area contributed by atoms with Crippen molar-refractivity contribution in [3.05, 3.63) is 0 Å². The Bertz CT molecular complexity index is 288. The number of hydrogen-bond acceptors (Lipinski definition) is 3. The van der Waals surface area contributed by atoms with E-state index in [0.717, 1.165) is 4.31 Å². The summed E-state index contributed by atoms with van der Waals surface area (Å²) in [6.45, 7) is 0.322. The number of halogens is 1. The Labute approximate surface area is 82.4 Å². The van der Waals surface area contributed by atoms with E-state index in [9.17, 15) is 13.2 Å². The van der Waals surface area contributed by atoms with Gasteiger partial charge in [-0.05, 0) is 12.8 Å². The van der Waals surface area contributed by atoms with Crippen LogP contribution in [0.3, 0.4) is 0 Å². The van der Waals surface area contributed by atoms with Gasteiger partial charge in [0.15, 0.2) is 0 Å². The van der Waals surface area contributed by atoms with Crippen molar-refractivity contribution in [2.45, 2.75) is 18.9 Å². The van der Waals surface area contributed by atoms with Crippen molar-refractivity contribution in [1.29, 1.82) is 0 Å². The molecule has 1 aliphatic rings. The molecule has 1 rings (SSSR count). The minimum Gasteiger partial charge on any atom is -0.480 e. The molecule has 0 bridgehead atoms. The van der Waals surface area contributed by atoms with Gasteiger partial charge in [0.1, 0.15) is 6.04 Å². The summed E-state index contributed by atoms with van der Waals surface area (Å²) in [5.74, 6) is -1.06. The Hall–Kier alpha value is 0.110. The molecule has 0 aromatic carbocycles. The minimum absolute atomic E-state index is 0.322. The molecule has 1 N–H and O–H groups in total. The smallest absolute Gasteiger partial charge is 0.322 e. The highest BCUT2D eigenvalue weighted by atomic mass is 127. The van der Waals surface area contributed by atoms with Gasteiger partial charge >= 0.3 is 5.97 Å². The first-order chi connectivity index (χ1) is 5.43. The van der Waals surface area contributed by atoms with Crippen LogP contribution < -0.4 is 0 Å². The largest absolute Gasteiger partial charge is 0.480 e. The molecule has 0 radical (unpaired) electrons. The molecular weight excluding hydrogens is 297 g/mol. The Morgan fingerprint density at radius 2 is 2.17 bits per heavy atom. The van der Waals surface area contributed by atoms with E-state index in [4.69, 9.17) is 5.11 Å². The molecule has 1 aliphatic heterocycles. The van der Waals surface area contributed by atoms with Gasteiger partial charge in [-0.1, -0.05) is 0 Å². The lowest BCUT2D eigenvalue weighted by Gasteiger charge is -2.16. The summed E-state index contributed by atoms with van der Waals surface area (Å²) in [6.07, 6.45) is 1.04. The lowest BCUT2D eigenvalue weighted by Crippen LogP contribution is -2.37. The topological polar surface area (TPSA) is 74.7 Å². The van der Waals surface area contributed by atoms with E-state index < -0.39 is 19.2 Å². The number of nitrogens with zero attached hydrogens (tertiary/aromatic N) is 1. The quantitative estimate of drug-likeness (QED) is 0.585. The zero-order valence-electron chi connectivity index (χ0n) is 6.10. The standard InChI is InChI=1S/C5H8INO4S/c6-12(10,11)7-3-1-2-4(7)5(8)9/h4H,1-3H2,(H,8,9)/t4-/m0/s1. The summed E-state index contributed by atoms with van der Waals surface area (Å²) in [7, 11) is -3.37. The normalized spacial score (nSPS) is 25.9. The molecule has 0 unspecified atom stereocenters. The van der Waals surface area contributed by atoms with Crippen LogP contribution >= 0.6 is 21.2 Å². The monoisotopic (exact) mass is 305 g/mol. The van der Waals surface area contributed by atoms with E-state index in [-0.39, 0.29) is 0 Å². The average Bonchev–Trinajstić information content (AvgIpc) is 2.30. The van der Waals surface area contributed by atoms with Crippen molar-refractivity contribution in [1.82, 2.24) is 4.31 Å². The van der Waals surface area contributed by atoms with Crippen LogP contribution in [0.5, 0.6) is 0 Å².